The van der Waals surface area contributed by atoms with Crippen LogP contribution in [0.25, 0.3) is 0 Å². The molecule has 1 aliphatic rings. The number of hydrogen-bond donors (Lipinski definition) is 0. The topological polar surface area (TPSA) is 26.3 Å². The van der Waals surface area contributed by atoms with Gasteiger partial charge in [-0.1, -0.05) is 0 Å². The molecule has 1 atom stereocenters. The molecule has 1 unspecified atom stereocenters. The zero-order valence-corrected chi connectivity index (χ0v) is 8.43. The number of rotatable bonds is 3. The zero-order chi connectivity index (χ0) is 11.5. The van der Waals surface area contributed by atoms with E-state index < -0.39 is 18.2 Å². The molecule has 2 nitrogen and oxygen atoms in total. The Morgan fingerprint density at radius 1 is 1.53 bits per heavy atom. The van der Waals surface area contributed by atoms with Gasteiger partial charge in [-0.15, -0.1) is 0 Å². The molecule has 0 N–H and O–H groups in total. The predicted molar refractivity (Wildman–Crippen MR) is 48.2 cm³/mol. The van der Waals surface area contributed by atoms with Gasteiger partial charge in [-0.2, -0.15) is 13.2 Å². The summed E-state index contributed by atoms with van der Waals surface area (Å²) in [6.07, 6.45) is -2.02. The minimum Gasteiger partial charge on any atom is -0.495 e. The third-order valence-corrected chi connectivity index (χ3v) is 2.32. The SMILES string of the molecule is CC1(CCCC(F)(F)F)CC(=O)C=CO1. The van der Waals surface area contributed by atoms with Crippen molar-refractivity contribution in [3.8, 4) is 0 Å². The standard InChI is InChI=1S/C10H13F3O2/c1-9(4-2-5-10(11,12)13)7-8(14)3-6-15-9/h3,6H,2,4-5,7H2,1H3. The van der Waals surface area contributed by atoms with Crippen LogP contribution in [0.1, 0.15) is 32.6 Å². The number of halogens is 3. The summed E-state index contributed by atoms with van der Waals surface area (Å²) in [6.45, 7) is 1.66. The van der Waals surface area contributed by atoms with Crippen LogP contribution >= 0.6 is 0 Å². The molecule has 0 saturated carbocycles. The van der Waals surface area contributed by atoms with Crippen LogP contribution in [-0.4, -0.2) is 17.6 Å². The molecule has 0 amide bonds. The van der Waals surface area contributed by atoms with Gasteiger partial charge in [0.15, 0.2) is 5.78 Å². The van der Waals surface area contributed by atoms with Crippen LogP contribution in [0.5, 0.6) is 0 Å². The molecule has 86 valence electrons. The molecular formula is C10H13F3O2. The number of alkyl halides is 3. The van der Waals surface area contributed by atoms with E-state index in [9.17, 15) is 18.0 Å². The Morgan fingerprint density at radius 3 is 2.73 bits per heavy atom. The molecule has 0 aromatic carbocycles. The number of carbonyl (C=O) groups is 1. The lowest BCUT2D eigenvalue weighted by Crippen LogP contribution is -2.32. The number of ether oxygens (including phenoxy) is 1. The van der Waals surface area contributed by atoms with Crippen molar-refractivity contribution in [3.63, 3.8) is 0 Å². The Kier molecular flexibility index (Phi) is 3.42. The Bertz CT molecular complexity index is 270. The molecule has 0 aromatic heterocycles. The van der Waals surface area contributed by atoms with Gasteiger partial charge in [-0.25, -0.2) is 0 Å². The third kappa shape index (κ3) is 4.36. The quantitative estimate of drug-likeness (QED) is 0.733. The number of hydrogen-bond acceptors (Lipinski definition) is 2. The summed E-state index contributed by atoms with van der Waals surface area (Å²) >= 11 is 0. The van der Waals surface area contributed by atoms with Crippen LogP contribution in [0.3, 0.4) is 0 Å². The van der Waals surface area contributed by atoms with Gasteiger partial charge >= 0.3 is 6.18 Å². The first kappa shape index (κ1) is 12.1. The maximum atomic E-state index is 11.9. The molecule has 1 aliphatic heterocycles. The molecule has 5 heteroatoms. The van der Waals surface area contributed by atoms with E-state index in [1.165, 1.54) is 12.3 Å². The summed E-state index contributed by atoms with van der Waals surface area (Å²) < 4.78 is 40.9. The molecule has 0 fully saturated rings. The minimum atomic E-state index is -4.13. The van der Waals surface area contributed by atoms with Gasteiger partial charge in [0.1, 0.15) is 5.60 Å². The smallest absolute Gasteiger partial charge is 0.389 e. The highest BCUT2D eigenvalue weighted by Crippen LogP contribution is 2.30. The summed E-state index contributed by atoms with van der Waals surface area (Å²) in [5, 5.41) is 0. The zero-order valence-electron chi connectivity index (χ0n) is 8.43. The molecule has 0 spiro atoms. The largest absolute Gasteiger partial charge is 0.495 e. The van der Waals surface area contributed by atoms with E-state index in [0.717, 1.165) is 0 Å². The number of allylic oxidation sites excluding steroid dienone is 1. The van der Waals surface area contributed by atoms with Gasteiger partial charge in [0.05, 0.1) is 6.26 Å². The normalized spacial score (nSPS) is 26.5. The Balaban J connectivity index is 2.38. The lowest BCUT2D eigenvalue weighted by molar-refractivity contribution is -0.138. The van der Waals surface area contributed by atoms with Crippen LogP contribution in [0.15, 0.2) is 12.3 Å². The lowest BCUT2D eigenvalue weighted by Gasteiger charge is -2.30. The highest BCUT2D eigenvalue weighted by atomic mass is 19.4. The average molecular weight is 222 g/mol. The van der Waals surface area contributed by atoms with Crippen LogP contribution in [0.4, 0.5) is 13.2 Å². The first-order chi connectivity index (χ1) is 6.81. The first-order valence-corrected chi connectivity index (χ1v) is 4.75. The van der Waals surface area contributed by atoms with Gasteiger partial charge in [-0.3, -0.25) is 4.79 Å². The Hall–Kier alpha value is -1.00. The minimum absolute atomic E-state index is 0.0128. The second-order valence-electron chi connectivity index (χ2n) is 3.98. The fraction of sp³-hybridized carbons (Fsp3) is 0.700. The van der Waals surface area contributed by atoms with Crippen molar-refractivity contribution in [2.45, 2.75) is 44.4 Å². The van der Waals surface area contributed by atoms with Crippen LogP contribution in [0.2, 0.25) is 0 Å². The molecule has 0 aromatic rings. The highest BCUT2D eigenvalue weighted by Gasteiger charge is 2.33. The fourth-order valence-corrected chi connectivity index (χ4v) is 1.55. The monoisotopic (exact) mass is 222 g/mol. The molecular weight excluding hydrogens is 209 g/mol. The van der Waals surface area contributed by atoms with Crippen molar-refractivity contribution in [1.29, 1.82) is 0 Å². The summed E-state index contributed by atoms with van der Waals surface area (Å²) in [7, 11) is 0. The fourth-order valence-electron chi connectivity index (χ4n) is 1.55. The van der Waals surface area contributed by atoms with Crippen LogP contribution < -0.4 is 0 Å². The number of carbonyl (C=O) groups excluding carboxylic acids is 1. The van der Waals surface area contributed by atoms with Crippen LogP contribution in [0, 0.1) is 0 Å². The van der Waals surface area contributed by atoms with E-state index >= 15 is 0 Å². The molecule has 0 bridgehead atoms. The van der Waals surface area contributed by atoms with Crippen molar-refractivity contribution in [3.05, 3.63) is 12.3 Å². The second-order valence-corrected chi connectivity index (χ2v) is 3.98. The molecule has 1 rings (SSSR count). The van der Waals surface area contributed by atoms with Gasteiger partial charge in [0.25, 0.3) is 0 Å². The van der Waals surface area contributed by atoms with Gasteiger partial charge in [-0.05, 0) is 19.8 Å². The number of ketones is 1. The van der Waals surface area contributed by atoms with E-state index in [2.05, 4.69) is 0 Å². The van der Waals surface area contributed by atoms with Gasteiger partial charge < -0.3 is 4.74 Å². The van der Waals surface area contributed by atoms with Crippen molar-refractivity contribution in [2.75, 3.05) is 0 Å². The Morgan fingerprint density at radius 2 is 2.20 bits per heavy atom. The van der Waals surface area contributed by atoms with Crippen molar-refractivity contribution in [1.82, 2.24) is 0 Å². The van der Waals surface area contributed by atoms with E-state index in [-0.39, 0.29) is 25.0 Å². The van der Waals surface area contributed by atoms with Gasteiger partial charge in [0, 0.05) is 18.9 Å². The van der Waals surface area contributed by atoms with E-state index in [4.69, 9.17) is 4.74 Å². The highest BCUT2D eigenvalue weighted by molar-refractivity contribution is 5.90. The Labute approximate surface area is 86.1 Å². The van der Waals surface area contributed by atoms with Crippen LogP contribution in [-0.2, 0) is 9.53 Å². The predicted octanol–water partition coefficient (Wildman–Crippen LogP) is 2.98. The maximum absolute atomic E-state index is 11.9. The summed E-state index contributed by atoms with van der Waals surface area (Å²) in [5.74, 6) is -0.101. The van der Waals surface area contributed by atoms with Crippen molar-refractivity contribution >= 4 is 5.78 Å². The summed E-state index contributed by atoms with van der Waals surface area (Å²) in [6, 6.07) is 0. The third-order valence-electron chi connectivity index (χ3n) is 2.32. The molecule has 0 saturated heterocycles. The summed E-state index contributed by atoms with van der Waals surface area (Å²) in [5.41, 5.74) is -0.767. The molecule has 0 radical (unpaired) electrons. The average Bonchev–Trinajstić information content (AvgIpc) is 1.99. The van der Waals surface area contributed by atoms with Gasteiger partial charge in [0.2, 0.25) is 0 Å². The molecule has 0 aliphatic carbocycles. The maximum Gasteiger partial charge on any atom is 0.389 e. The first-order valence-electron chi connectivity index (χ1n) is 4.75. The lowest BCUT2D eigenvalue weighted by atomic mass is 9.91. The molecule has 15 heavy (non-hydrogen) atoms. The van der Waals surface area contributed by atoms with E-state index in [1.807, 2.05) is 0 Å². The van der Waals surface area contributed by atoms with Crippen molar-refractivity contribution in [2.24, 2.45) is 0 Å². The summed E-state index contributed by atoms with van der Waals surface area (Å²) in [4.78, 5) is 11.0. The van der Waals surface area contributed by atoms with E-state index in [0.29, 0.717) is 0 Å². The van der Waals surface area contributed by atoms with Crippen molar-refractivity contribution < 1.29 is 22.7 Å². The van der Waals surface area contributed by atoms with E-state index in [1.54, 1.807) is 6.92 Å². The second kappa shape index (κ2) is 4.24. The molecule has 1 heterocycles.